The Morgan fingerprint density at radius 1 is 1.15 bits per heavy atom. The molecular weight excluding hydrogens is 270 g/mol. The molecule has 0 spiro atoms. The Labute approximate surface area is 120 Å². The second-order valence-electron chi connectivity index (χ2n) is 5.14. The lowest BCUT2D eigenvalue weighted by Gasteiger charge is -2.10. The minimum Gasteiger partial charge on any atom is -0.399 e. The number of rotatable bonds is 3. The van der Waals surface area contributed by atoms with Gasteiger partial charge in [0.15, 0.2) is 0 Å². The monoisotopic (exact) mass is 283 g/mol. The molecule has 1 aromatic carbocycles. The molecule has 1 aliphatic carbocycles. The first-order valence-corrected chi connectivity index (χ1v) is 7.45. The molecule has 0 radical (unpaired) electrons. The molecule has 4 rings (SSSR count). The Hall–Kier alpha value is -2.14. The van der Waals surface area contributed by atoms with Crippen LogP contribution in [0.2, 0.25) is 0 Å². The lowest BCUT2D eigenvalue weighted by molar-refractivity contribution is 0.360. The molecule has 0 unspecified atom stereocenters. The maximum Gasteiger partial charge on any atom is 0.237 e. The van der Waals surface area contributed by atoms with Gasteiger partial charge in [0.1, 0.15) is 0 Å². The lowest BCUT2D eigenvalue weighted by atomic mass is 9.96. The summed E-state index contributed by atoms with van der Waals surface area (Å²) in [4.78, 5) is 4.58. The second-order valence-corrected chi connectivity index (χ2v) is 5.92. The Kier molecular flexibility index (Phi) is 2.44. The molecule has 0 bridgehead atoms. The van der Waals surface area contributed by atoms with Crippen LogP contribution >= 0.6 is 11.3 Å². The van der Waals surface area contributed by atoms with Crippen molar-refractivity contribution in [2.24, 2.45) is 0 Å². The van der Waals surface area contributed by atoms with Crippen LogP contribution in [0.4, 0.5) is 5.69 Å². The van der Waals surface area contributed by atoms with Gasteiger partial charge in [0.25, 0.3) is 0 Å². The smallest absolute Gasteiger partial charge is 0.237 e. The standard InChI is InChI=1S/C15H13N3OS/c16-12-3-1-11(2-4-12)15(6-7-15)14-17-13(18-19-14)10-5-8-20-9-10/h1-5,8-9H,6-7,16H2. The molecule has 2 heterocycles. The molecule has 0 atom stereocenters. The second kappa shape index (κ2) is 4.18. The maximum atomic E-state index is 5.75. The third-order valence-electron chi connectivity index (χ3n) is 3.83. The number of nitrogens with zero attached hydrogens (tertiary/aromatic N) is 2. The van der Waals surface area contributed by atoms with Crippen molar-refractivity contribution in [2.75, 3.05) is 5.73 Å². The SMILES string of the molecule is Nc1ccc(C2(c3nc(-c4ccsc4)no3)CC2)cc1. The number of hydrogen-bond donors (Lipinski definition) is 1. The number of aromatic nitrogens is 2. The van der Waals surface area contributed by atoms with E-state index in [-0.39, 0.29) is 5.41 Å². The zero-order valence-corrected chi connectivity index (χ0v) is 11.6. The Morgan fingerprint density at radius 2 is 1.95 bits per heavy atom. The minimum atomic E-state index is -0.102. The van der Waals surface area contributed by atoms with Crippen molar-refractivity contribution in [1.29, 1.82) is 0 Å². The summed E-state index contributed by atoms with van der Waals surface area (Å²) in [5.74, 6) is 1.38. The molecule has 2 N–H and O–H groups in total. The van der Waals surface area contributed by atoms with Gasteiger partial charge < -0.3 is 10.3 Å². The van der Waals surface area contributed by atoms with Gasteiger partial charge >= 0.3 is 0 Å². The van der Waals surface area contributed by atoms with E-state index in [0.717, 1.165) is 24.1 Å². The van der Waals surface area contributed by atoms with Crippen molar-refractivity contribution in [3.8, 4) is 11.4 Å². The van der Waals surface area contributed by atoms with E-state index in [4.69, 9.17) is 10.3 Å². The molecule has 2 aromatic heterocycles. The summed E-state index contributed by atoms with van der Waals surface area (Å²) in [7, 11) is 0. The zero-order chi connectivity index (χ0) is 13.6. The molecule has 1 saturated carbocycles. The van der Waals surface area contributed by atoms with Crippen molar-refractivity contribution >= 4 is 17.0 Å². The van der Waals surface area contributed by atoms with Gasteiger partial charge in [0.2, 0.25) is 11.7 Å². The predicted molar refractivity (Wildman–Crippen MR) is 78.5 cm³/mol. The third-order valence-corrected chi connectivity index (χ3v) is 4.51. The van der Waals surface area contributed by atoms with Crippen LogP contribution in [-0.4, -0.2) is 10.1 Å². The van der Waals surface area contributed by atoms with Crippen LogP contribution < -0.4 is 5.73 Å². The first kappa shape index (κ1) is 11.7. The zero-order valence-electron chi connectivity index (χ0n) is 10.7. The van der Waals surface area contributed by atoms with Crippen LogP contribution in [0.3, 0.4) is 0 Å². The first-order chi connectivity index (χ1) is 9.78. The largest absolute Gasteiger partial charge is 0.399 e. The molecule has 5 heteroatoms. The highest BCUT2D eigenvalue weighted by Gasteiger charge is 2.50. The van der Waals surface area contributed by atoms with Crippen molar-refractivity contribution in [3.63, 3.8) is 0 Å². The van der Waals surface area contributed by atoms with Gasteiger partial charge in [-0.05, 0) is 42.0 Å². The van der Waals surface area contributed by atoms with Crippen LogP contribution in [-0.2, 0) is 5.41 Å². The summed E-state index contributed by atoms with van der Waals surface area (Å²) < 4.78 is 5.51. The topological polar surface area (TPSA) is 64.9 Å². The highest BCUT2D eigenvalue weighted by atomic mass is 32.1. The molecule has 0 amide bonds. The van der Waals surface area contributed by atoms with Crippen LogP contribution in [0.1, 0.15) is 24.3 Å². The lowest BCUT2D eigenvalue weighted by Crippen LogP contribution is -2.09. The van der Waals surface area contributed by atoms with E-state index in [1.807, 2.05) is 29.0 Å². The minimum absolute atomic E-state index is 0.102. The van der Waals surface area contributed by atoms with Gasteiger partial charge in [-0.1, -0.05) is 17.3 Å². The molecule has 4 nitrogen and oxygen atoms in total. The fourth-order valence-corrected chi connectivity index (χ4v) is 3.11. The third kappa shape index (κ3) is 1.74. The maximum absolute atomic E-state index is 5.75. The summed E-state index contributed by atoms with van der Waals surface area (Å²) in [6.45, 7) is 0. The fourth-order valence-electron chi connectivity index (χ4n) is 2.48. The van der Waals surface area contributed by atoms with E-state index < -0.39 is 0 Å². The molecular formula is C15H13N3OS. The number of thiophene rings is 1. The van der Waals surface area contributed by atoms with E-state index in [9.17, 15) is 0 Å². The normalized spacial score (nSPS) is 16.2. The van der Waals surface area contributed by atoms with Gasteiger partial charge in [-0.25, -0.2) is 0 Å². The number of hydrogen-bond acceptors (Lipinski definition) is 5. The van der Waals surface area contributed by atoms with Gasteiger partial charge in [-0.15, -0.1) is 0 Å². The molecule has 0 saturated heterocycles. The number of nitrogen functional groups attached to an aromatic ring is 1. The van der Waals surface area contributed by atoms with Gasteiger partial charge in [0.05, 0.1) is 5.41 Å². The van der Waals surface area contributed by atoms with E-state index in [1.165, 1.54) is 5.56 Å². The molecule has 1 aliphatic rings. The van der Waals surface area contributed by atoms with Gasteiger partial charge in [0, 0.05) is 16.6 Å². The average Bonchev–Trinajstić information content (AvgIpc) is 2.93. The van der Waals surface area contributed by atoms with E-state index >= 15 is 0 Å². The van der Waals surface area contributed by atoms with E-state index in [1.54, 1.807) is 11.3 Å². The van der Waals surface area contributed by atoms with Crippen molar-refractivity contribution in [1.82, 2.24) is 10.1 Å². The van der Waals surface area contributed by atoms with Crippen LogP contribution in [0.15, 0.2) is 45.6 Å². The van der Waals surface area contributed by atoms with E-state index in [2.05, 4.69) is 22.3 Å². The molecule has 20 heavy (non-hydrogen) atoms. The van der Waals surface area contributed by atoms with Crippen LogP contribution in [0.5, 0.6) is 0 Å². The number of nitrogens with two attached hydrogens (primary N) is 1. The van der Waals surface area contributed by atoms with Gasteiger partial charge in [-0.2, -0.15) is 16.3 Å². The van der Waals surface area contributed by atoms with Crippen molar-refractivity contribution < 1.29 is 4.52 Å². The molecule has 0 aliphatic heterocycles. The summed E-state index contributed by atoms with van der Waals surface area (Å²) in [5, 5.41) is 8.14. The summed E-state index contributed by atoms with van der Waals surface area (Å²) in [6.07, 6.45) is 2.09. The van der Waals surface area contributed by atoms with Gasteiger partial charge in [-0.3, -0.25) is 0 Å². The Morgan fingerprint density at radius 3 is 2.60 bits per heavy atom. The Balaban J connectivity index is 1.72. The molecule has 3 aromatic rings. The summed E-state index contributed by atoms with van der Waals surface area (Å²) in [5.41, 5.74) is 8.63. The van der Waals surface area contributed by atoms with E-state index in [0.29, 0.717) is 11.7 Å². The predicted octanol–water partition coefficient (Wildman–Crippen LogP) is 3.46. The Bertz CT molecular complexity index is 727. The molecule has 100 valence electrons. The van der Waals surface area contributed by atoms with Crippen LogP contribution in [0, 0.1) is 0 Å². The summed E-state index contributed by atoms with van der Waals surface area (Å²) in [6, 6.07) is 9.95. The highest BCUT2D eigenvalue weighted by Crippen LogP contribution is 2.53. The first-order valence-electron chi connectivity index (χ1n) is 6.51. The van der Waals surface area contributed by atoms with Crippen molar-refractivity contribution in [2.45, 2.75) is 18.3 Å². The number of anilines is 1. The van der Waals surface area contributed by atoms with Crippen molar-refractivity contribution in [3.05, 3.63) is 52.5 Å². The molecule has 1 fully saturated rings. The number of benzene rings is 1. The summed E-state index contributed by atoms with van der Waals surface area (Å²) >= 11 is 1.63. The fraction of sp³-hybridized carbons (Fsp3) is 0.200. The average molecular weight is 283 g/mol. The van der Waals surface area contributed by atoms with Crippen LogP contribution in [0.25, 0.3) is 11.4 Å². The quantitative estimate of drug-likeness (QED) is 0.748. The highest BCUT2D eigenvalue weighted by molar-refractivity contribution is 7.08.